The van der Waals surface area contributed by atoms with E-state index in [1.807, 2.05) is 55.5 Å². The Hall–Kier alpha value is -3.12. The number of allylic oxidation sites excluding steroid dienone is 4. The van der Waals surface area contributed by atoms with Crippen LogP contribution in [-0.4, -0.2) is 51.4 Å². The van der Waals surface area contributed by atoms with Crippen LogP contribution in [0.5, 0.6) is 5.75 Å². The maximum atomic E-state index is 13.2. The molecule has 1 fully saturated rings. The highest BCUT2D eigenvalue weighted by molar-refractivity contribution is 6.00. The van der Waals surface area contributed by atoms with Gasteiger partial charge in [-0.15, -0.1) is 0 Å². The van der Waals surface area contributed by atoms with E-state index in [0.717, 1.165) is 11.3 Å². The Morgan fingerprint density at radius 3 is 2.83 bits per heavy atom. The molecule has 0 saturated carbocycles. The fourth-order valence-electron chi connectivity index (χ4n) is 3.71. The van der Waals surface area contributed by atoms with E-state index in [9.17, 15) is 9.90 Å². The zero-order chi connectivity index (χ0) is 20.9. The number of methoxy groups -OCH3 is 1. The van der Waals surface area contributed by atoms with Crippen molar-refractivity contribution in [2.45, 2.75) is 31.4 Å². The SMILES string of the molecule is C=C/C=C\C=C/CC1(O)CC(C)N(C(=O)c2cn[nH]c2-c2ccc(OC)cc2)C1. The second-order valence-corrected chi connectivity index (χ2v) is 7.35. The lowest BCUT2D eigenvalue weighted by Crippen LogP contribution is -2.37. The summed E-state index contributed by atoms with van der Waals surface area (Å²) < 4.78 is 5.19. The quantitative estimate of drug-likeness (QED) is 0.703. The van der Waals surface area contributed by atoms with E-state index in [2.05, 4.69) is 16.8 Å². The van der Waals surface area contributed by atoms with Gasteiger partial charge in [0.05, 0.1) is 36.7 Å². The van der Waals surface area contributed by atoms with E-state index < -0.39 is 5.60 Å². The average Bonchev–Trinajstić information content (AvgIpc) is 3.32. The minimum atomic E-state index is -0.933. The molecule has 2 atom stereocenters. The number of likely N-dealkylation sites (tertiary alicyclic amines) is 1. The summed E-state index contributed by atoms with van der Waals surface area (Å²) in [6, 6.07) is 7.38. The topological polar surface area (TPSA) is 78.5 Å². The second kappa shape index (κ2) is 8.92. The number of nitrogens with one attached hydrogen (secondary N) is 1. The molecule has 2 aromatic rings. The molecule has 29 heavy (non-hydrogen) atoms. The zero-order valence-corrected chi connectivity index (χ0v) is 16.8. The Balaban J connectivity index is 1.75. The Morgan fingerprint density at radius 2 is 2.14 bits per heavy atom. The van der Waals surface area contributed by atoms with Gasteiger partial charge in [-0.2, -0.15) is 5.10 Å². The molecule has 0 aliphatic carbocycles. The molecule has 1 aromatic carbocycles. The van der Waals surface area contributed by atoms with Crippen molar-refractivity contribution in [1.82, 2.24) is 15.1 Å². The lowest BCUT2D eigenvalue weighted by Gasteiger charge is -2.23. The van der Waals surface area contributed by atoms with Gasteiger partial charge < -0.3 is 14.7 Å². The van der Waals surface area contributed by atoms with Crippen LogP contribution >= 0.6 is 0 Å². The molecule has 0 spiro atoms. The van der Waals surface area contributed by atoms with Gasteiger partial charge in [0.1, 0.15) is 5.75 Å². The molecular formula is C23H27N3O3. The molecule has 2 N–H and O–H groups in total. The highest BCUT2D eigenvalue weighted by atomic mass is 16.5. The minimum Gasteiger partial charge on any atom is -0.497 e. The van der Waals surface area contributed by atoms with Crippen LogP contribution in [0.2, 0.25) is 0 Å². The van der Waals surface area contributed by atoms with Gasteiger partial charge >= 0.3 is 0 Å². The lowest BCUT2D eigenvalue weighted by molar-refractivity contribution is 0.0465. The second-order valence-electron chi connectivity index (χ2n) is 7.35. The molecule has 6 nitrogen and oxygen atoms in total. The number of β-amino-alcohol motifs (C(OH)–C–C–N with tert-alkyl or cyclic N) is 1. The minimum absolute atomic E-state index is 0.0664. The van der Waals surface area contributed by atoms with Gasteiger partial charge in [-0.05, 0) is 44.0 Å². The molecule has 0 bridgehead atoms. The van der Waals surface area contributed by atoms with Crippen LogP contribution in [0.25, 0.3) is 11.3 Å². The van der Waals surface area contributed by atoms with Gasteiger partial charge in [0.2, 0.25) is 0 Å². The number of hydrogen-bond acceptors (Lipinski definition) is 4. The number of nitrogens with zero attached hydrogens (tertiary/aromatic N) is 2. The average molecular weight is 393 g/mol. The Morgan fingerprint density at radius 1 is 1.38 bits per heavy atom. The number of rotatable bonds is 7. The van der Waals surface area contributed by atoms with Crippen molar-refractivity contribution in [3.8, 4) is 17.0 Å². The normalized spacial score (nSPS) is 21.9. The van der Waals surface area contributed by atoms with Gasteiger partial charge in [0, 0.05) is 11.6 Å². The summed E-state index contributed by atoms with van der Waals surface area (Å²) in [7, 11) is 1.61. The predicted octanol–water partition coefficient (Wildman–Crippen LogP) is 3.74. The Kier molecular flexibility index (Phi) is 6.34. The molecule has 3 rings (SSSR count). The fourth-order valence-corrected chi connectivity index (χ4v) is 3.71. The van der Waals surface area contributed by atoms with E-state index >= 15 is 0 Å². The van der Waals surface area contributed by atoms with Crippen LogP contribution in [0.15, 0.2) is 67.4 Å². The molecule has 2 heterocycles. The summed E-state index contributed by atoms with van der Waals surface area (Å²) >= 11 is 0. The van der Waals surface area contributed by atoms with Gasteiger partial charge in [0.15, 0.2) is 0 Å². The first kappa shape index (κ1) is 20.6. The van der Waals surface area contributed by atoms with Gasteiger partial charge in [-0.1, -0.05) is 37.0 Å². The fraction of sp³-hybridized carbons (Fsp3) is 0.304. The standard InChI is InChI=1S/C23H27N3O3/c1-4-5-6-7-8-13-23(28)14-17(2)26(16-23)22(27)20-15-24-25-21(20)18-9-11-19(29-3)12-10-18/h4-12,15,17,28H,1,13-14,16H2,2-3H3,(H,24,25)/b6-5-,8-7-. The molecule has 1 aromatic heterocycles. The number of hydrogen-bond donors (Lipinski definition) is 2. The van der Waals surface area contributed by atoms with E-state index in [4.69, 9.17) is 4.74 Å². The molecule has 0 radical (unpaired) electrons. The number of ether oxygens (including phenoxy) is 1. The molecular weight excluding hydrogens is 366 g/mol. The van der Waals surface area contributed by atoms with Gasteiger partial charge in [-0.3, -0.25) is 9.89 Å². The van der Waals surface area contributed by atoms with E-state index in [-0.39, 0.29) is 18.5 Å². The van der Waals surface area contributed by atoms with Gasteiger partial charge in [-0.25, -0.2) is 0 Å². The van der Waals surface area contributed by atoms with E-state index in [1.54, 1.807) is 24.3 Å². The number of benzene rings is 1. The van der Waals surface area contributed by atoms with Crippen molar-refractivity contribution in [3.05, 3.63) is 73.0 Å². The van der Waals surface area contributed by atoms with Crippen LogP contribution in [0, 0.1) is 0 Å². The first-order valence-corrected chi connectivity index (χ1v) is 9.63. The Labute approximate surface area is 171 Å². The van der Waals surface area contributed by atoms with Crippen molar-refractivity contribution in [2.24, 2.45) is 0 Å². The third kappa shape index (κ3) is 4.66. The summed E-state index contributed by atoms with van der Waals surface area (Å²) in [4.78, 5) is 15.0. The summed E-state index contributed by atoms with van der Waals surface area (Å²) in [5.41, 5.74) is 1.08. The van der Waals surface area contributed by atoms with E-state index in [1.165, 1.54) is 0 Å². The third-order valence-corrected chi connectivity index (χ3v) is 5.17. The summed E-state index contributed by atoms with van der Waals surface area (Å²) in [5.74, 6) is 0.610. The molecule has 1 aliphatic rings. The number of H-pyrrole nitrogens is 1. The van der Waals surface area contributed by atoms with Crippen molar-refractivity contribution >= 4 is 5.91 Å². The summed E-state index contributed by atoms with van der Waals surface area (Å²) in [6.07, 6.45) is 11.8. The first-order chi connectivity index (χ1) is 14.0. The van der Waals surface area contributed by atoms with Crippen LogP contribution < -0.4 is 4.74 Å². The molecule has 1 aliphatic heterocycles. The third-order valence-electron chi connectivity index (χ3n) is 5.17. The summed E-state index contributed by atoms with van der Waals surface area (Å²) in [6.45, 7) is 5.87. The maximum absolute atomic E-state index is 13.2. The van der Waals surface area contributed by atoms with Crippen molar-refractivity contribution in [3.63, 3.8) is 0 Å². The van der Waals surface area contributed by atoms with Crippen LogP contribution in [-0.2, 0) is 0 Å². The number of aromatic nitrogens is 2. The molecule has 1 amide bonds. The lowest BCUT2D eigenvalue weighted by atomic mass is 9.96. The molecule has 1 saturated heterocycles. The van der Waals surface area contributed by atoms with Crippen LogP contribution in [0.4, 0.5) is 0 Å². The van der Waals surface area contributed by atoms with Crippen LogP contribution in [0.1, 0.15) is 30.1 Å². The monoisotopic (exact) mass is 393 g/mol. The highest BCUT2D eigenvalue weighted by Crippen LogP contribution is 2.33. The predicted molar refractivity (Wildman–Crippen MR) is 114 cm³/mol. The molecule has 2 unspecified atom stereocenters. The summed E-state index contributed by atoms with van der Waals surface area (Å²) in [5, 5.41) is 18.0. The first-order valence-electron chi connectivity index (χ1n) is 9.63. The zero-order valence-electron chi connectivity index (χ0n) is 16.8. The highest BCUT2D eigenvalue weighted by Gasteiger charge is 2.42. The number of carbonyl (C=O) groups is 1. The van der Waals surface area contributed by atoms with Crippen molar-refractivity contribution in [1.29, 1.82) is 0 Å². The Bertz CT molecular complexity index is 914. The van der Waals surface area contributed by atoms with Crippen molar-refractivity contribution in [2.75, 3.05) is 13.7 Å². The maximum Gasteiger partial charge on any atom is 0.258 e. The number of amides is 1. The number of carbonyl (C=O) groups excluding carboxylic acids is 1. The van der Waals surface area contributed by atoms with E-state index in [0.29, 0.717) is 24.1 Å². The smallest absolute Gasteiger partial charge is 0.258 e. The van der Waals surface area contributed by atoms with Crippen molar-refractivity contribution < 1.29 is 14.6 Å². The largest absolute Gasteiger partial charge is 0.497 e. The molecule has 152 valence electrons. The van der Waals surface area contributed by atoms with Crippen LogP contribution in [0.3, 0.4) is 0 Å². The van der Waals surface area contributed by atoms with Gasteiger partial charge in [0.25, 0.3) is 5.91 Å². The number of aliphatic hydroxyl groups is 1. The number of aromatic amines is 1. The molecule has 6 heteroatoms.